The van der Waals surface area contributed by atoms with E-state index in [2.05, 4.69) is 10.4 Å². The number of nitrogens with zero attached hydrogens (tertiary/aromatic N) is 2. The van der Waals surface area contributed by atoms with E-state index in [0.717, 1.165) is 5.69 Å². The van der Waals surface area contributed by atoms with Gasteiger partial charge in [0.1, 0.15) is 0 Å². The summed E-state index contributed by atoms with van der Waals surface area (Å²) in [6.45, 7) is 0.429. The van der Waals surface area contributed by atoms with Gasteiger partial charge in [0.25, 0.3) is 0 Å². The summed E-state index contributed by atoms with van der Waals surface area (Å²) in [5.74, 6) is -1.07. The molecule has 2 N–H and O–H groups in total. The number of carboxylic acid groups (broad SMARTS) is 1. The molecular weight excluding hydrogens is 246 g/mol. The van der Waals surface area contributed by atoms with Crippen LogP contribution in [-0.2, 0) is 23.2 Å². The number of carboxylic acids is 1. The van der Waals surface area contributed by atoms with E-state index in [9.17, 15) is 9.59 Å². The minimum atomic E-state index is -0.743. The Kier molecular flexibility index (Phi) is 4.19. The van der Waals surface area contributed by atoms with Gasteiger partial charge in [0.2, 0.25) is 5.91 Å². The maximum Gasteiger partial charge on any atom is 0.306 e. The SMILES string of the molecule is Cn1ccc(CNC(=O)C2CCC(C(=O)O)CC2)n1. The largest absolute Gasteiger partial charge is 0.481 e. The van der Waals surface area contributed by atoms with Crippen LogP contribution >= 0.6 is 0 Å². The molecule has 0 unspecified atom stereocenters. The number of rotatable bonds is 4. The highest BCUT2D eigenvalue weighted by molar-refractivity contribution is 5.79. The molecule has 2 rings (SSSR count). The number of aliphatic carboxylic acids is 1. The molecular formula is C13H19N3O3. The second kappa shape index (κ2) is 5.86. The lowest BCUT2D eigenvalue weighted by molar-refractivity contribution is -0.144. The van der Waals surface area contributed by atoms with E-state index < -0.39 is 5.97 Å². The summed E-state index contributed by atoms with van der Waals surface area (Å²) in [6.07, 6.45) is 4.34. The summed E-state index contributed by atoms with van der Waals surface area (Å²) in [4.78, 5) is 22.8. The molecule has 0 atom stereocenters. The lowest BCUT2D eigenvalue weighted by Gasteiger charge is -2.25. The van der Waals surface area contributed by atoms with Crippen molar-refractivity contribution >= 4 is 11.9 Å². The number of carbonyl (C=O) groups excluding carboxylic acids is 1. The molecule has 104 valence electrons. The van der Waals surface area contributed by atoms with E-state index in [1.165, 1.54) is 0 Å². The molecule has 1 saturated carbocycles. The van der Waals surface area contributed by atoms with Gasteiger partial charge >= 0.3 is 5.97 Å². The Hall–Kier alpha value is -1.85. The first kappa shape index (κ1) is 13.6. The Morgan fingerprint density at radius 3 is 2.53 bits per heavy atom. The smallest absolute Gasteiger partial charge is 0.306 e. The molecule has 6 nitrogen and oxygen atoms in total. The maximum atomic E-state index is 12.0. The molecule has 1 fully saturated rings. The molecule has 0 bridgehead atoms. The third-order valence-electron chi connectivity index (χ3n) is 3.66. The van der Waals surface area contributed by atoms with Crippen molar-refractivity contribution in [3.63, 3.8) is 0 Å². The highest BCUT2D eigenvalue weighted by Gasteiger charge is 2.29. The molecule has 0 saturated heterocycles. The fraction of sp³-hybridized carbons (Fsp3) is 0.615. The summed E-state index contributed by atoms with van der Waals surface area (Å²) in [7, 11) is 1.83. The molecule has 1 aliphatic carbocycles. The third-order valence-corrected chi connectivity index (χ3v) is 3.66. The molecule has 0 aromatic carbocycles. The van der Waals surface area contributed by atoms with Crippen molar-refractivity contribution in [2.45, 2.75) is 32.2 Å². The van der Waals surface area contributed by atoms with Gasteiger partial charge in [-0.05, 0) is 31.7 Å². The average molecular weight is 265 g/mol. The predicted octanol–water partition coefficient (Wildman–Crippen LogP) is 0.927. The minimum absolute atomic E-state index is 0.00879. The van der Waals surface area contributed by atoms with Crippen molar-refractivity contribution in [3.8, 4) is 0 Å². The lowest BCUT2D eigenvalue weighted by Crippen LogP contribution is -2.34. The van der Waals surface area contributed by atoms with Gasteiger partial charge < -0.3 is 10.4 Å². The molecule has 1 heterocycles. The van der Waals surface area contributed by atoms with E-state index in [1.807, 2.05) is 19.3 Å². The maximum absolute atomic E-state index is 12.0. The van der Waals surface area contributed by atoms with Crippen LogP contribution in [0.25, 0.3) is 0 Å². The normalized spacial score (nSPS) is 23.0. The molecule has 1 amide bonds. The summed E-state index contributed by atoms with van der Waals surface area (Å²) >= 11 is 0. The second-order valence-corrected chi connectivity index (χ2v) is 5.09. The predicted molar refractivity (Wildman–Crippen MR) is 68.1 cm³/mol. The fourth-order valence-electron chi connectivity index (χ4n) is 2.48. The lowest BCUT2D eigenvalue weighted by atomic mass is 9.81. The van der Waals surface area contributed by atoms with E-state index in [-0.39, 0.29) is 17.7 Å². The van der Waals surface area contributed by atoms with Crippen LogP contribution in [0.15, 0.2) is 12.3 Å². The molecule has 0 spiro atoms. The topological polar surface area (TPSA) is 84.2 Å². The van der Waals surface area contributed by atoms with E-state index in [0.29, 0.717) is 32.2 Å². The summed E-state index contributed by atoms with van der Waals surface area (Å²) in [6, 6.07) is 1.86. The Labute approximate surface area is 111 Å². The van der Waals surface area contributed by atoms with Crippen LogP contribution in [0.3, 0.4) is 0 Å². The first-order valence-corrected chi connectivity index (χ1v) is 6.55. The highest BCUT2D eigenvalue weighted by atomic mass is 16.4. The van der Waals surface area contributed by atoms with Crippen LogP contribution in [-0.4, -0.2) is 26.8 Å². The number of nitrogens with one attached hydrogen (secondary N) is 1. The van der Waals surface area contributed by atoms with Gasteiger partial charge in [-0.15, -0.1) is 0 Å². The van der Waals surface area contributed by atoms with Gasteiger partial charge in [0.05, 0.1) is 18.2 Å². The third kappa shape index (κ3) is 3.56. The quantitative estimate of drug-likeness (QED) is 0.848. The fourth-order valence-corrected chi connectivity index (χ4v) is 2.48. The summed E-state index contributed by atoms with van der Waals surface area (Å²) in [5.41, 5.74) is 0.829. The Morgan fingerprint density at radius 1 is 1.37 bits per heavy atom. The van der Waals surface area contributed by atoms with Crippen molar-refractivity contribution in [2.24, 2.45) is 18.9 Å². The van der Waals surface area contributed by atoms with Crippen molar-refractivity contribution < 1.29 is 14.7 Å². The zero-order valence-corrected chi connectivity index (χ0v) is 11.0. The summed E-state index contributed by atoms with van der Waals surface area (Å²) in [5, 5.41) is 16.0. The zero-order chi connectivity index (χ0) is 13.8. The van der Waals surface area contributed by atoms with Gasteiger partial charge in [-0.2, -0.15) is 5.10 Å². The molecule has 6 heteroatoms. The van der Waals surface area contributed by atoms with Crippen molar-refractivity contribution in [3.05, 3.63) is 18.0 Å². The van der Waals surface area contributed by atoms with Crippen LogP contribution in [0.2, 0.25) is 0 Å². The van der Waals surface area contributed by atoms with Crippen molar-refractivity contribution in [1.29, 1.82) is 0 Å². The van der Waals surface area contributed by atoms with Crippen molar-refractivity contribution in [2.75, 3.05) is 0 Å². The Morgan fingerprint density at radius 2 is 2.00 bits per heavy atom. The van der Waals surface area contributed by atoms with Crippen LogP contribution in [0.1, 0.15) is 31.4 Å². The monoisotopic (exact) mass is 265 g/mol. The number of hydrogen-bond donors (Lipinski definition) is 2. The zero-order valence-electron chi connectivity index (χ0n) is 11.0. The number of hydrogen-bond acceptors (Lipinski definition) is 3. The van der Waals surface area contributed by atoms with Gasteiger partial charge in [0.15, 0.2) is 0 Å². The number of aryl methyl sites for hydroxylation is 1. The molecule has 19 heavy (non-hydrogen) atoms. The Bertz CT molecular complexity index is 461. The number of amides is 1. The van der Waals surface area contributed by atoms with Gasteiger partial charge in [-0.1, -0.05) is 0 Å². The van der Waals surface area contributed by atoms with Crippen LogP contribution in [0.5, 0.6) is 0 Å². The molecule has 1 aromatic heterocycles. The molecule has 0 aliphatic heterocycles. The van der Waals surface area contributed by atoms with Crippen LogP contribution in [0.4, 0.5) is 0 Å². The summed E-state index contributed by atoms with van der Waals surface area (Å²) < 4.78 is 1.69. The average Bonchev–Trinajstić information content (AvgIpc) is 2.82. The first-order chi connectivity index (χ1) is 9.06. The van der Waals surface area contributed by atoms with Crippen LogP contribution < -0.4 is 5.32 Å². The standard InChI is InChI=1S/C13H19N3O3/c1-16-7-6-11(15-16)8-14-12(17)9-2-4-10(5-3-9)13(18)19/h6-7,9-10H,2-5,8H2,1H3,(H,14,17)(H,18,19). The van der Waals surface area contributed by atoms with E-state index >= 15 is 0 Å². The second-order valence-electron chi connectivity index (χ2n) is 5.09. The minimum Gasteiger partial charge on any atom is -0.481 e. The first-order valence-electron chi connectivity index (χ1n) is 6.55. The van der Waals surface area contributed by atoms with E-state index in [1.54, 1.807) is 4.68 Å². The van der Waals surface area contributed by atoms with E-state index in [4.69, 9.17) is 5.11 Å². The van der Waals surface area contributed by atoms with Gasteiger partial charge in [0, 0.05) is 19.2 Å². The molecule has 1 aliphatic rings. The van der Waals surface area contributed by atoms with Gasteiger partial charge in [-0.25, -0.2) is 0 Å². The highest BCUT2D eigenvalue weighted by Crippen LogP contribution is 2.29. The number of carbonyl (C=O) groups is 2. The molecule has 1 aromatic rings. The number of aromatic nitrogens is 2. The van der Waals surface area contributed by atoms with Crippen molar-refractivity contribution in [1.82, 2.24) is 15.1 Å². The van der Waals surface area contributed by atoms with Gasteiger partial charge in [-0.3, -0.25) is 14.3 Å². The van der Waals surface area contributed by atoms with Crippen LogP contribution in [0, 0.1) is 11.8 Å². The Balaban J connectivity index is 1.77. The molecule has 0 radical (unpaired) electrons.